The number of aromatic hydroxyl groups is 1. The fourth-order valence-corrected chi connectivity index (χ4v) is 2.93. The molecule has 1 heterocycles. The van der Waals surface area contributed by atoms with Crippen LogP contribution in [0.1, 0.15) is 28.4 Å². The van der Waals surface area contributed by atoms with Crippen molar-refractivity contribution in [3.63, 3.8) is 0 Å². The van der Waals surface area contributed by atoms with Crippen molar-refractivity contribution in [2.45, 2.75) is 12.5 Å². The van der Waals surface area contributed by atoms with E-state index in [1.54, 1.807) is 24.3 Å². The minimum Gasteiger partial charge on any atom is -0.508 e. The van der Waals surface area contributed by atoms with Crippen LogP contribution in [-0.4, -0.2) is 10.9 Å². The van der Waals surface area contributed by atoms with Gasteiger partial charge in [0.05, 0.1) is 12.0 Å². The lowest BCUT2D eigenvalue weighted by Gasteiger charge is -2.26. The number of hydrogen-bond donors (Lipinski definition) is 1. The zero-order valence-electron chi connectivity index (χ0n) is 11.8. The van der Waals surface area contributed by atoms with E-state index in [2.05, 4.69) is 0 Å². The van der Waals surface area contributed by atoms with Crippen LogP contribution in [-0.2, 0) is 0 Å². The van der Waals surface area contributed by atoms with E-state index >= 15 is 0 Å². The van der Waals surface area contributed by atoms with Crippen LogP contribution in [0.15, 0.2) is 60.7 Å². The summed E-state index contributed by atoms with van der Waals surface area (Å²) in [6, 6.07) is 18.5. The van der Waals surface area contributed by atoms with Crippen LogP contribution in [0.4, 0.5) is 0 Å². The van der Waals surface area contributed by atoms with Gasteiger partial charge in [-0.25, -0.2) is 0 Å². The Morgan fingerprint density at radius 1 is 0.955 bits per heavy atom. The Kier molecular flexibility index (Phi) is 2.86. The average Bonchev–Trinajstić information content (AvgIpc) is 2.55. The summed E-state index contributed by atoms with van der Waals surface area (Å²) in [5.74, 6) is 0.953. The monoisotopic (exact) mass is 290 g/mol. The van der Waals surface area contributed by atoms with E-state index in [0.29, 0.717) is 17.7 Å². The highest BCUT2D eigenvalue weighted by Crippen LogP contribution is 2.39. The van der Waals surface area contributed by atoms with E-state index in [9.17, 15) is 9.90 Å². The molecule has 0 aliphatic carbocycles. The van der Waals surface area contributed by atoms with Gasteiger partial charge in [0.2, 0.25) is 0 Å². The molecule has 0 radical (unpaired) electrons. The molecular weight excluding hydrogens is 276 g/mol. The third-order valence-electron chi connectivity index (χ3n) is 4.08. The highest BCUT2D eigenvalue weighted by Gasteiger charge is 2.28. The van der Waals surface area contributed by atoms with Gasteiger partial charge in [0, 0.05) is 5.39 Å². The van der Waals surface area contributed by atoms with Crippen LogP contribution < -0.4 is 4.74 Å². The van der Waals surface area contributed by atoms with E-state index in [4.69, 9.17) is 4.74 Å². The zero-order valence-corrected chi connectivity index (χ0v) is 11.8. The number of ether oxygens (including phenoxy) is 1. The number of rotatable bonds is 1. The molecule has 1 aliphatic rings. The van der Waals surface area contributed by atoms with Gasteiger partial charge < -0.3 is 9.84 Å². The van der Waals surface area contributed by atoms with Crippen molar-refractivity contribution in [3.05, 3.63) is 71.8 Å². The Morgan fingerprint density at radius 3 is 2.55 bits per heavy atom. The van der Waals surface area contributed by atoms with E-state index in [-0.39, 0.29) is 17.6 Å². The number of carbonyl (C=O) groups excluding carboxylic acids is 1. The molecular formula is C19H14O3. The highest BCUT2D eigenvalue weighted by atomic mass is 16.5. The third-order valence-corrected chi connectivity index (χ3v) is 4.08. The van der Waals surface area contributed by atoms with Crippen LogP contribution >= 0.6 is 0 Å². The van der Waals surface area contributed by atoms with Gasteiger partial charge in [0.15, 0.2) is 5.78 Å². The van der Waals surface area contributed by atoms with E-state index in [1.165, 1.54) is 0 Å². The molecule has 1 unspecified atom stereocenters. The predicted octanol–water partition coefficient (Wildman–Crippen LogP) is 4.25. The molecule has 3 heteroatoms. The fraction of sp³-hybridized carbons (Fsp3) is 0.105. The Morgan fingerprint density at radius 2 is 1.73 bits per heavy atom. The van der Waals surface area contributed by atoms with Crippen molar-refractivity contribution in [1.29, 1.82) is 0 Å². The van der Waals surface area contributed by atoms with Gasteiger partial charge in [-0.15, -0.1) is 0 Å². The van der Waals surface area contributed by atoms with Crippen molar-refractivity contribution in [2.75, 3.05) is 0 Å². The predicted molar refractivity (Wildman–Crippen MR) is 84.4 cm³/mol. The lowest BCUT2D eigenvalue weighted by Crippen LogP contribution is -2.20. The van der Waals surface area contributed by atoms with Crippen LogP contribution in [0.5, 0.6) is 11.5 Å². The molecule has 0 saturated heterocycles. The number of phenols is 1. The molecule has 0 fully saturated rings. The fourth-order valence-electron chi connectivity index (χ4n) is 2.93. The minimum atomic E-state index is -0.314. The first-order valence-electron chi connectivity index (χ1n) is 7.23. The molecule has 108 valence electrons. The Balaban J connectivity index is 1.83. The lowest BCUT2D eigenvalue weighted by molar-refractivity contribution is 0.0853. The van der Waals surface area contributed by atoms with Crippen molar-refractivity contribution >= 4 is 16.6 Å². The molecule has 4 rings (SSSR count). The number of Topliss-reactive ketones (excluding diaryl/α,β-unsaturated/α-hetero) is 1. The summed E-state index contributed by atoms with van der Waals surface area (Å²) < 4.78 is 6.14. The molecule has 1 atom stereocenters. The maximum Gasteiger partial charge on any atom is 0.170 e. The highest BCUT2D eigenvalue weighted by molar-refractivity contribution is 6.06. The second kappa shape index (κ2) is 4.88. The standard InChI is InChI=1S/C19H14O3/c20-14-8-5-13(6-9-14)18-11-17(21)16-10-7-12-3-1-2-4-15(12)19(16)22-18/h1-10,18,20H,11H2. The van der Waals surface area contributed by atoms with Gasteiger partial charge in [-0.3, -0.25) is 4.79 Å². The number of ketones is 1. The minimum absolute atomic E-state index is 0.0880. The van der Waals surface area contributed by atoms with Crippen molar-refractivity contribution in [3.8, 4) is 11.5 Å². The van der Waals surface area contributed by atoms with Crippen LogP contribution in [0.3, 0.4) is 0 Å². The topological polar surface area (TPSA) is 46.5 Å². The van der Waals surface area contributed by atoms with Gasteiger partial charge >= 0.3 is 0 Å². The average molecular weight is 290 g/mol. The third kappa shape index (κ3) is 2.02. The van der Waals surface area contributed by atoms with Gasteiger partial charge in [-0.05, 0) is 29.1 Å². The SMILES string of the molecule is O=C1CC(c2ccc(O)cc2)Oc2c1ccc1ccccc21. The maximum absolute atomic E-state index is 12.5. The van der Waals surface area contributed by atoms with Crippen LogP contribution in [0, 0.1) is 0 Å². The van der Waals surface area contributed by atoms with E-state index < -0.39 is 0 Å². The summed E-state index contributed by atoms with van der Waals surface area (Å²) >= 11 is 0. The summed E-state index contributed by atoms with van der Waals surface area (Å²) in [7, 11) is 0. The molecule has 0 aromatic heterocycles. The molecule has 0 saturated carbocycles. The first kappa shape index (κ1) is 12.9. The molecule has 0 bridgehead atoms. The molecule has 1 aliphatic heterocycles. The zero-order chi connectivity index (χ0) is 15.1. The second-order valence-corrected chi connectivity index (χ2v) is 5.49. The quantitative estimate of drug-likeness (QED) is 0.728. The Bertz CT molecular complexity index is 865. The number of hydrogen-bond acceptors (Lipinski definition) is 3. The summed E-state index contributed by atoms with van der Waals surface area (Å²) in [6.45, 7) is 0. The lowest BCUT2D eigenvalue weighted by atomic mass is 9.94. The van der Waals surface area contributed by atoms with E-state index in [1.807, 2.05) is 36.4 Å². The van der Waals surface area contributed by atoms with Gasteiger partial charge in [0.25, 0.3) is 0 Å². The van der Waals surface area contributed by atoms with Crippen molar-refractivity contribution < 1.29 is 14.6 Å². The molecule has 3 nitrogen and oxygen atoms in total. The van der Waals surface area contributed by atoms with Crippen LogP contribution in [0.25, 0.3) is 10.8 Å². The number of carbonyl (C=O) groups is 1. The van der Waals surface area contributed by atoms with Gasteiger partial charge in [0.1, 0.15) is 17.6 Å². The first-order valence-corrected chi connectivity index (χ1v) is 7.23. The van der Waals surface area contributed by atoms with E-state index in [0.717, 1.165) is 16.3 Å². The largest absolute Gasteiger partial charge is 0.508 e. The summed E-state index contributed by atoms with van der Waals surface area (Å²) in [4.78, 5) is 12.5. The Hall–Kier alpha value is -2.81. The number of phenolic OH excluding ortho intramolecular Hbond substituents is 1. The summed E-state index contributed by atoms with van der Waals surface area (Å²) in [6.07, 6.45) is 0.00208. The Labute approximate surface area is 127 Å². The first-order chi connectivity index (χ1) is 10.7. The van der Waals surface area contributed by atoms with Gasteiger partial charge in [-0.1, -0.05) is 42.5 Å². The molecule has 22 heavy (non-hydrogen) atoms. The smallest absolute Gasteiger partial charge is 0.170 e. The normalized spacial score (nSPS) is 17.1. The second-order valence-electron chi connectivity index (χ2n) is 5.49. The molecule has 0 amide bonds. The summed E-state index contributed by atoms with van der Waals surface area (Å²) in [5.41, 5.74) is 1.54. The number of fused-ring (bicyclic) bond motifs is 3. The van der Waals surface area contributed by atoms with Crippen molar-refractivity contribution in [2.24, 2.45) is 0 Å². The molecule has 0 spiro atoms. The van der Waals surface area contributed by atoms with Crippen molar-refractivity contribution in [1.82, 2.24) is 0 Å². The maximum atomic E-state index is 12.5. The molecule has 3 aromatic carbocycles. The number of benzene rings is 3. The molecule has 1 N–H and O–H groups in total. The van der Waals surface area contributed by atoms with Gasteiger partial charge in [-0.2, -0.15) is 0 Å². The summed E-state index contributed by atoms with van der Waals surface area (Å²) in [5, 5.41) is 11.4. The molecule has 3 aromatic rings. The van der Waals surface area contributed by atoms with Crippen LogP contribution in [0.2, 0.25) is 0 Å².